The van der Waals surface area contributed by atoms with Gasteiger partial charge in [0.1, 0.15) is 5.82 Å². The highest BCUT2D eigenvalue weighted by molar-refractivity contribution is 7.26. The standard InChI is InChI=1S/C23H32FN6O5P/c1-15(30-14-27-20-21(30)28-23(25)29-22(20)33-3)11-18(32-2)13-35-36-34-10-4-5-19(31)26-12-16-6-8-17(24)9-7-16/h6-9,14-15,18,36H,4-5,10-13H2,1-3H3,(H,26,31)(H2,25,28,29). The van der Waals surface area contributed by atoms with Crippen molar-refractivity contribution in [3.63, 3.8) is 0 Å². The first-order valence-corrected chi connectivity index (χ1v) is 12.3. The van der Waals surface area contributed by atoms with Crippen molar-refractivity contribution in [1.29, 1.82) is 0 Å². The molecule has 2 aromatic heterocycles. The average Bonchev–Trinajstić information content (AvgIpc) is 3.30. The molecule has 13 heteroatoms. The minimum atomic E-state index is -0.301. The minimum Gasteiger partial charge on any atom is -0.479 e. The molecule has 0 fully saturated rings. The fourth-order valence-electron chi connectivity index (χ4n) is 3.50. The van der Waals surface area contributed by atoms with Gasteiger partial charge in [0.2, 0.25) is 17.7 Å². The van der Waals surface area contributed by atoms with Crippen LogP contribution in [0.25, 0.3) is 11.2 Å². The third-order valence-electron chi connectivity index (χ3n) is 5.45. The Hall–Kier alpha value is -2.92. The van der Waals surface area contributed by atoms with E-state index in [2.05, 4.69) is 20.3 Å². The lowest BCUT2D eigenvalue weighted by Crippen LogP contribution is -2.22. The number of benzene rings is 1. The van der Waals surface area contributed by atoms with E-state index in [9.17, 15) is 9.18 Å². The number of carbonyl (C=O) groups is 1. The van der Waals surface area contributed by atoms with Crippen LogP contribution in [0.1, 0.15) is 37.8 Å². The summed E-state index contributed by atoms with van der Waals surface area (Å²) in [5.74, 6) is 0.0600. The molecule has 11 nitrogen and oxygen atoms in total. The lowest BCUT2D eigenvalue weighted by molar-refractivity contribution is -0.121. The van der Waals surface area contributed by atoms with E-state index in [1.54, 1.807) is 25.6 Å². The van der Waals surface area contributed by atoms with Gasteiger partial charge in [-0.25, -0.2) is 9.37 Å². The highest BCUT2D eigenvalue weighted by Gasteiger charge is 2.19. The van der Waals surface area contributed by atoms with Crippen molar-refractivity contribution >= 4 is 32.1 Å². The van der Waals surface area contributed by atoms with Crippen molar-refractivity contribution in [2.24, 2.45) is 0 Å². The second-order valence-electron chi connectivity index (χ2n) is 8.11. The van der Waals surface area contributed by atoms with Crippen molar-refractivity contribution < 1.29 is 27.7 Å². The molecule has 3 N–H and O–H groups in total. The number of imidazole rings is 1. The summed E-state index contributed by atoms with van der Waals surface area (Å²) in [6.07, 6.45) is 3.06. The maximum absolute atomic E-state index is 12.9. The number of fused-ring (bicyclic) bond motifs is 1. The number of methoxy groups -OCH3 is 2. The third kappa shape index (κ3) is 8.06. The number of rotatable bonds is 15. The van der Waals surface area contributed by atoms with Gasteiger partial charge < -0.3 is 34.1 Å². The molecule has 0 bridgehead atoms. The van der Waals surface area contributed by atoms with E-state index in [-0.39, 0.29) is 38.9 Å². The van der Waals surface area contributed by atoms with Gasteiger partial charge in [-0.2, -0.15) is 9.97 Å². The van der Waals surface area contributed by atoms with Crippen molar-refractivity contribution in [2.45, 2.75) is 44.9 Å². The van der Waals surface area contributed by atoms with Gasteiger partial charge in [0.05, 0.1) is 32.8 Å². The van der Waals surface area contributed by atoms with E-state index in [0.717, 1.165) is 5.56 Å². The summed E-state index contributed by atoms with van der Waals surface area (Å²) in [6.45, 7) is 3.15. The fourth-order valence-corrected chi connectivity index (χ4v) is 4.07. The van der Waals surface area contributed by atoms with Gasteiger partial charge >= 0.3 is 0 Å². The van der Waals surface area contributed by atoms with Crippen molar-refractivity contribution in [1.82, 2.24) is 24.8 Å². The van der Waals surface area contributed by atoms with Crippen LogP contribution in [-0.2, 0) is 25.1 Å². The van der Waals surface area contributed by atoms with Crippen LogP contribution in [0.5, 0.6) is 5.88 Å². The molecule has 0 radical (unpaired) electrons. The summed E-state index contributed by atoms with van der Waals surface area (Å²) in [5, 5.41) is 2.80. The number of nitrogens with two attached hydrogens (primary N) is 1. The Balaban J connectivity index is 1.32. The number of amides is 1. The van der Waals surface area contributed by atoms with Crippen molar-refractivity contribution in [2.75, 3.05) is 33.2 Å². The number of nitrogen functional groups attached to an aromatic ring is 1. The van der Waals surface area contributed by atoms with Crippen molar-refractivity contribution in [3.05, 3.63) is 42.0 Å². The van der Waals surface area contributed by atoms with E-state index in [1.807, 2.05) is 11.5 Å². The Kier molecular flexibility index (Phi) is 10.7. The highest BCUT2D eigenvalue weighted by Crippen LogP contribution is 2.26. The van der Waals surface area contributed by atoms with Crippen LogP contribution >= 0.6 is 9.03 Å². The number of nitrogens with zero attached hydrogens (tertiary/aromatic N) is 4. The van der Waals surface area contributed by atoms with E-state index < -0.39 is 0 Å². The van der Waals surface area contributed by atoms with E-state index in [0.29, 0.717) is 56.1 Å². The lowest BCUT2D eigenvalue weighted by atomic mass is 10.1. The first kappa shape index (κ1) is 27.7. The second kappa shape index (κ2) is 14.0. The van der Waals surface area contributed by atoms with Gasteiger partial charge in [-0.3, -0.25) is 4.79 Å². The van der Waals surface area contributed by atoms with E-state index in [1.165, 1.54) is 19.2 Å². The van der Waals surface area contributed by atoms with Gasteiger partial charge in [-0.05, 0) is 37.5 Å². The largest absolute Gasteiger partial charge is 0.479 e. The molecule has 0 aliphatic rings. The smallest absolute Gasteiger partial charge is 0.246 e. The SMILES string of the molecule is COc1nc(N)nc2c1ncn2C(C)CC(COPOCCCC(=O)NCc1ccc(F)cc1)OC. The molecule has 3 atom stereocenters. The number of aromatic nitrogens is 4. The first-order valence-electron chi connectivity index (χ1n) is 11.5. The zero-order valence-electron chi connectivity index (χ0n) is 20.6. The second-order valence-corrected chi connectivity index (χ2v) is 8.85. The fraction of sp³-hybridized carbons (Fsp3) is 0.478. The Morgan fingerprint density at radius 3 is 2.72 bits per heavy atom. The molecule has 0 aliphatic heterocycles. The summed E-state index contributed by atoms with van der Waals surface area (Å²) in [5.41, 5.74) is 7.78. The van der Waals surface area contributed by atoms with Crippen LogP contribution in [0, 0.1) is 5.82 Å². The van der Waals surface area contributed by atoms with E-state index in [4.69, 9.17) is 24.3 Å². The molecule has 1 amide bonds. The average molecular weight is 523 g/mol. The molecule has 36 heavy (non-hydrogen) atoms. The van der Waals surface area contributed by atoms with Gasteiger partial charge in [-0.15, -0.1) is 0 Å². The number of carbonyl (C=O) groups excluding carboxylic acids is 1. The molecular weight excluding hydrogens is 490 g/mol. The van der Waals surface area contributed by atoms with Gasteiger partial charge in [0, 0.05) is 26.1 Å². The van der Waals surface area contributed by atoms with Gasteiger partial charge in [0.15, 0.2) is 20.2 Å². The molecule has 0 saturated carbocycles. The number of hydrogen-bond acceptors (Lipinski definition) is 9. The Bertz CT molecular complexity index is 1120. The topological polar surface area (TPSA) is 136 Å². The molecule has 0 aliphatic carbocycles. The maximum Gasteiger partial charge on any atom is 0.246 e. The van der Waals surface area contributed by atoms with Crippen LogP contribution in [-0.4, -0.2) is 59.0 Å². The summed E-state index contributed by atoms with van der Waals surface area (Å²) in [4.78, 5) is 24.6. The minimum absolute atomic E-state index is 0.000213. The number of hydrogen-bond donors (Lipinski definition) is 2. The molecule has 196 valence electrons. The summed E-state index contributed by atoms with van der Waals surface area (Å²) < 4.78 is 36.8. The van der Waals surface area contributed by atoms with Crippen LogP contribution in [0.4, 0.5) is 10.3 Å². The predicted molar refractivity (Wildman–Crippen MR) is 134 cm³/mol. The number of halogens is 1. The maximum atomic E-state index is 12.9. The number of nitrogens with one attached hydrogen (secondary N) is 1. The summed E-state index contributed by atoms with van der Waals surface area (Å²) >= 11 is 0. The monoisotopic (exact) mass is 522 g/mol. The van der Waals surface area contributed by atoms with Gasteiger partial charge in [0.25, 0.3) is 0 Å². The zero-order chi connectivity index (χ0) is 25.9. The Morgan fingerprint density at radius 2 is 2.00 bits per heavy atom. The molecule has 3 rings (SSSR count). The Morgan fingerprint density at radius 1 is 1.22 bits per heavy atom. The number of anilines is 1. The molecule has 3 aromatic rings. The van der Waals surface area contributed by atoms with Gasteiger partial charge in [-0.1, -0.05) is 12.1 Å². The summed E-state index contributed by atoms with van der Waals surface area (Å²) in [6, 6.07) is 6.02. The Labute approximate surface area is 210 Å². The predicted octanol–water partition coefficient (Wildman–Crippen LogP) is 3.16. The zero-order valence-corrected chi connectivity index (χ0v) is 21.6. The molecule has 0 saturated heterocycles. The number of ether oxygens (including phenoxy) is 2. The third-order valence-corrected chi connectivity index (χ3v) is 6.06. The molecular formula is C23H32FN6O5P. The lowest BCUT2D eigenvalue weighted by Gasteiger charge is -2.21. The van der Waals surface area contributed by atoms with Crippen LogP contribution in [0.3, 0.4) is 0 Å². The summed E-state index contributed by atoms with van der Waals surface area (Å²) in [7, 11) is 2.98. The van der Waals surface area contributed by atoms with Crippen LogP contribution in [0.15, 0.2) is 30.6 Å². The van der Waals surface area contributed by atoms with Crippen LogP contribution < -0.4 is 15.8 Å². The molecule has 0 spiro atoms. The highest BCUT2D eigenvalue weighted by atomic mass is 31.1. The van der Waals surface area contributed by atoms with Crippen molar-refractivity contribution in [3.8, 4) is 5.88 Å². The van der Waals surface area contributed by atoms with Crippen LogP contribution in [0.2, 0.25) is 0 Å². The van der Waals surface area contributed by atoms with E-state index >= 15 is 0 Å². The molecule has 2 heterocycles. The molecule has 1 aromatic carbocycles. The molecule has 3 unspecified atom stereocenters. The normalized spacial score (nSPS) is 13.3. The quantitative estimate of drug-likeness (QED) is 0.228. The first-order chi connectivity index (χ1) is 17.4.